The number of rotatable bonds is 3. The van der Waals surface area contributed by atoms with Gasteiger partial charge in [0.15, 0.2) is 4.32 Å². The molecule has 0 aliphatic carbocycles. The summed E-state index contributed by atoms with van der Waals surface area (Å²) in [5.74, 6) is -0.0697. The number of thioether (sulfide) groups is 1. The molecule has 134 valence electrons. The maximum Gasteiger partial charge on any atom is 0.270 e. The highest BCUT2D eigenvalue weighted by Gasteiger charge is 2.34. The molecule has 26 heavy (non-hydrogen) atoms. The largest absolute Gasteiger partial charge is 0.377 e. The van der Waals surface area contributed by atoms with Crippen molar-refractivity contribution in [2.24, 2.45) is 0 Å². The third-order valence-electron chi connectivity index (χ3n) is 4.14. The van der Waals surface area contributed by atoms with Crippen molar-refractivity contribution in [1.29, 1.82) is 0 Å². The summed E-state index contributed by atoms with van der Waals surface area (Å²) in [7, 11) is 3.99. The number of aryl methyl sites for hydroxylation is 2. The molecule has 0 N–H and O–H groups in total. The minimum atomic E-state index is -0.0697. The van der Waals surface area contributed by atoms with Crippen molar-refractivity contribution in [2.75, 3.05) is 23.9 Å². The van der Waals surface area contributed by atoms with Gasteiger partial charge < -0.3 is 4.90 Å². The monoisotopic (exact) mass is 446 g/mol. The van der Waals surface area contributed by atoms with Crippen molar-refractivity contribution in [3.05, 3.63) is 62.5 Å². The average molecular weight is 447 g/mol. The fraction of sp³-hybridized carbons (Fsp3) is 0.200. The van der Waals surface area contributed by atoms with E-state index in [4.69, 9.17) is 12.2 Å². The van der Waals surface area contributed by atoms with Crippen molar-refractivity contribution in [2.45, 2.75) is 13.8 Å². The highest BCUT2D eigenvalue weighted by Crippen LogP contribution is 2.38. The van der Waals surface area contributed by atoms with Gasteiger partial charge in [0.05, 0.1) is 16.3 Å². The number of thiocarbonyl (C=S) groups is 1. The molecule has 0 radical (unpaired) electrons. The quantitative estimate of drug-likeness (QED) is 0.456. The zero-order valence-electron chi connectivity index (χ0n) is 15.0. The molecule has 1 amide bonds. The molecule has 2 aromatic carbocycles. The van der Waals surface area contributed by atoms with Crippen LogP contribution >= 0.6 is 39.9 Å². The first-order valence-corrected chi connectivity index (χ1v) is 10.1. The van der Waals surface area contributed by atoms with Crippen molar-refractivity contribution >= 4 is 67.6 Å². The molecule has 2 aromatic rings. The topological polar surface area (TPSA) is 23.6 Å². The summed E-state index contributed by atoms with van der Waals surface area (Å²) in [6.07, 6.45) is 1.90. The Morgan fingerprint density at radius 3 is 2.50 bits per heavy atom. The van der Waals surface area contributed by atoms with Crippen LogP contribution in [0.15, 0.2) is 45.8 Å². The van der Waals surface area contributed by atoms with E-state index in [0.29, 0.717) is 9.23 Å². The maximum absolute atomic E-state index is 12.9. The Kier molecular flexibility index (Phi) is 5.55. The van der Waals surface area contributed by atoms with Crippen LogP contribution in [0.1, 0.15) is 16.7 Å². The summed E-state index contributed by atoms with van der Waals surface area (Å²) < 4.78 is 1.55. The van der Waals surface area contributed by atoms with Crippen molar-refractivity contribution in [1.82, 2.24) is 0 Å². The van der Waals surface area contributed by atoms with Gasteiger partial charge in [0.2, 0.25) is 0 Å². The number of nitrogens with zero attached hydrogens (tertiary/aromatic N) is 2. The zero-order chi connectivity index (χ0) is 19.0. The summed E-state index contributed by atoms with van der Waals surface area (Å²) in [6, 6.07) is 12.1. The SMILES string of the molecule is Cc1ccc(N2C(=O)C(=Cc3ccc(N(C)C)c(Br)c3)SC2=S)c(C)c1. The highest BCUT2D eigenvalue weighted by molar-refractivity contribution is 9.10. The molecule has 0 aromatic heterocycles. The number of hydrogen-bond acceptors (Lipinski definition) is 4. The Hall–Kier alpha value is -1.63. The molecule has 1 aliphatic rings. The minimum absolute atomic E-state index is 0.0697. The molecule has 6 heteroatoms. The van der Waals surface area contributed by atoms with Crippen LogP contribution in [0.25, 0.3) is 6.08 Å². The third-order valence-corrected chi connectivity index (χ3v) is 6.08. The van der Waals surface area contributed by atoms with Crippen LogP contribution in [0.2, 0.25) is 0 Å². The van der Waals surface area contributed by atoms with Gasteiger partial charge in [0, 0.05) is 18.6 Å². The predicted octanol–water partition coefficient (Wildman–Crippen LogP) is 5.54. The zero-order valence-corrected chi connectivity index (χ0v) is 18.3. The lowest BCUT2D eigenvalue weighted by molar-refractivity contribution is -0.113. The first kappa shape index (κ1) is 19.1. The number of hydrogen-bond donors (Lipinski definition) is 0. The van der Waals surface area contributed by atoms with Crippen LogP contribution in [0.5, 0.6) is 0 Å². The number of benzene rings is 2. The van der Waals surface area contributed by atoms with Gasteiger partial charge in [0.25, 0.3) is 5.91 Å². The molecule has 3 rings (SSSR count). The van der Waals surface area contributed by atoms with Crippen LogP contribution in [-0.4, -0.2) is 24.3 Å². The lowest BCUT2D eigenvalue weighted by Gasteiger charge is -2.17. The summed E-state index contributed by atoms with van der Waals surface area (Å²) in [6.45, 7) is 4.04. The molecule has 0 spiro atoms. The molecular weight excluding hydrogens is 428 g/mol. The summed E-state index contributed by atoms with van der Waals surface area (Å²) in [5, 5.41) is 0. The van der Waals surface area contributed by atoms with E-state index >= 15 is 0 Å². The molecule has 0 unspecified atom stereocenters. The lowest BCUT2D eigenvalue weighted by atomic mass is 10.1. The molecule has 1 saturated heterocycles. The first-order valence-electron chi connectivity index (χ1n) is 8.10. The smallest absolute Gasteiger partial charge is 0.270 e. The molecule has 1 fully saturated rings. The second kappa shape index (κ2) is 7.55. The van der Waals surface area contributed by atoms with Crippen LogP contribution in [0.3, 0.4) is 0 Å². The van der Waals surface area contributed by atoms with Gasteiger partial charge in [0.1, 0.15) is 0 Å². The first-order chi connectivity index (χ1) is 12.3. The van der Waals surface area contributed by atoms with Gasteiger partial charge in [-0.05, 0) is 65.2 Å². The van der Waals surface area contributed by atoms with Gasteiger partial charge in [-0.15, -0.1) is 0 Å². The van der Waals surface area contributed by atoms with Crippen molar-refractivity contribution < 1.29 is 4.79 Å². The Bertz CT molecular complexity index is 937. The van der Waals surface area contributed by atoms with E-state index in [1.54, 1.807) is 4.90 Å². The molecule has 1 aliphatic heterocycles. The molecule has 0 atom stereocenters. The molecular formula is C20H19BrN2OS2. The van der Waals surface area contributed by atoms with Crippen LogP contribution in [0, 0.1) is 13.8 Å². The summed E-state index contributed by atoms with van der Waals surface area (Å²) in [5.41, 5.74) is 5.11. The van der Waals surface area contributed by atoms with Gasteiger partial charge in [-0.2, -0.15) is 0 Å². The van der Waals surface area contributed by atoms with Crippen molar-refractivity contribution in [3.63, 3.8) is 0 Å². The van der Waals surface area contributed by atoms with E-state index < -0.39 is 0 Å². The number of amides is 1. The number of halogens is 1. The normalized spacial score (nSPS) is 15.9. The predicted molar refractivity (Wildman–Crippen MR) is 120 cm³/mol. The Labute approximate surface area is 172 Å². The van der Waals surface area contributed by atoms with E-state index in [1.807, 2.05) is 69.3 Å². The number of anilines is 2. The van der Waals surface area contributed by atoms with E-state index in [9.17, 15) is 4.79 Å². The molecule has 1 heterocycles. The highest BCUT2D eigenvalue weighted by atomic mass is 79.9. The standard InChI is InChI=1S/C20H19BrN2OS2/c1-12-5-7-16(13(2)9-12)23-19(24)18(26-20(23)25)11-14-6-8-17(22(3)4)15(21)10-14/h5-11H,1-4H3. The number of carbonyl (C=O) groups is 1. The van der Waals surface area contributed by atoms with Gasteiger partial charge in [-0.3, -0.25) is 9.69 Å². The van der Waals surface area contributed by atoms with Crippen LogP contribution in [0.4, 0.5) is 11.4 Å². The summed E-state index contributed by atoms with van der Waals surface area (Å²) in [4.78, 5) is 17.2. The van der Waals surface area contributed by atoms with Crippen molar-refractivity contribution in [3.8, 4) is 0 Å². The Morgan fingerprint density at radius 1 is 1.15 bits per heavy atom. The Balaban J connectivity index is 1.93. The molecule has 0 bridgehead atoms. The number of carbonyl (C=O) groups excluding carboxylic acids is 1. The third kappa shape index (κ3) is 3.72. The minimum Gasteiger partial charge on any atom is -0.377 e. The van der Waals surface area contributed by atoms with E-state index in [2.05, 4.69) is 22.0 Å². The van der Waals surface area contributed by atoms with E-state index in [0.717, 1.165) is 32.5 Å². The lowest BCUT2D eigenvalue weighted by Crippen LogP contribution is -2.28. The second-order valence-corrected chi connectivity index (χ2v) is 8.94. The van der Waals surface area contributed by atoms with Crippen LogP contribution in [-0.2, 0) is 4.79 Å². The molecule has 0 saturated carbocycles. The molecule has 3 nitrogen and oxygen atoms in total. The van der Waals surface area contributed by atoms with Gasteiger partial charge >= 0.3 is 0 Å². The second-order valence-electron chi connectivity index (χ2n) is 6.41. The average Bonchev–Trinajstić information content (AvgIpc) is 2.82. The van der Waals surface area contributed by atoms with E-state index in [-0.39, 0.29) is 5.91 Å². The van der Waals surface area contributed by atoms with Gasteiger partial charge in [-0.25, -0.2) is 0 Å². The fourth-order valence-corrected chi connectivity index (χ4v) is 4.89. The van der Waals surface area contributed by atoms with Crippen LogP contribution < -0.4 is 9.80 Å². The fourth-order valence-electron chi connectivity index (χ4n) is 2.86. The maximum atomic E-state index is 12.9. The summed E-state index contributed by atoms with van der Waals surface area (Å²) >= 11 is 10.4. The van der Waals surface area contributed by atoms with Gasteiger partial charge in [-0.1, -0.05) is 47.7 Å². The Morgan fingerprint density at radius 2 is 1.88 bits per heavy atom. The van der Waals surface area contributed by atoms with E-state index in [1.165, 1.54) is 11.8 Å².